The lowest BCUT2D eigenvalue weighted by molar-refractivity contribution is -1.02. The maximum atomic E-state index is 14.8. The van der Waals surface area contributed by atoms with E-state index in [0.717, 1.165) is 37.5 Å². The Labute approximate surface area is 169 Å². The number of halogens is 1. The van der Waals surface area contributed by atoms with Gasteiger partial charge in [-0.3, -0.25) is 0 Å². The van der Waals surface area contributed by atoms with Crippen molar-refractivity contribution < 1.29 is 18.9 Å². The van der Waals surface area contributed by atoms with Gasteiger partial charge >= 0.3 is 0 Å². The number of hydrogen-bond acceptors (Lipinski definition) is 4. The van der Waals surface area contributed by atoms with Crippen molar-refractivity contribution in [3.63, 3.8) is 0 Å². The number of piperazine rings is 1. The van der Waals surface area contributed by atoms with Gasteiger partial charge in [0.1, 0.15) is 37.7 Å². The lowest BCUT2D eigenvalue weighted by Gasteiger charge is -2.32. The number of hydrogen-bond donors (Lipinski definition) is 2. The number of ether oxygens (including phenoxy) is 1. The smallest absolute Gasteiger partial charge is 0.214 e. The van der Waals surface area contributed by atoms with Crippen LogP contribution < -0.4 is 14.5 Å². The average Bonchev–Trinajstić information content (AvgIpc) is 3.19. The van der Waals surface area contributed by atoms with Crippen molar-refractivity contribution in [3.8, 4) is 5.75 Å². The quantitative estimate of drug-likeness (QED) is 0.581. The van der Waals surface area contributed by atoms with E-state index in [0.29, 0.717) is 17.9 Å². The molecular formula is C21H27FN6O+2. The number of quaternary nitrogens is 2. The molecule has 7 nitrogen and oxygen atoms in total. The second kappa shape index (κ2) is 8.67. The topological polar surface area (TPSA) is 61.7 Å². The molecule has 0 radical (unpaired) electrons. The zero-order valence-electron chi connectivity index (χ0n) is 16.8. The molecule has 0 unspecified atom stereocenters. The zero-order chi connectivity index (χ0) is 20.2. The van der Waals surface area contributed by atoms with Crippen LogP contribution in [0.15, 0.2) is 48.5 Å². The van der Waals surface area contributed by atoms with Crippen LogP contribution in [0, 0.1) is 5.82 Å². The van der Waals surface area contributed by atoms with E-state index in [9.17, 15) is 4.39 Å². The Balaban J connectivity index is 1.68. The van der Waals surface area contributed by atoms with Crippen molar-refractivity contribution in [1.29, 1.82) is 0 Å². The minimum atomic E-state index is -0.238. The standard InChI is InChI=1S/C21H25FN6O/c1-26-11-13-27(14-12-26)20(18-5-3-4-6-19(18)22)21-23-24-25-28(21)15-16-7-9-17(29-2)10-8-16/h3-10,20H,11-15H2,1-2H3/p+2/t20-/m1/s1. The third kappa shape index (κ3) is 4.28. The number of tetrazole rings is 1. The van der Waals surface area contributed by atoms with Gasteiger partial charge in [-0.2, -0.15) is 0 Å². The highest BCUT2D eigenvalue weighted by atomic mass is 19.1. The molecule has 0 saturated carbocycles. The van der Waals surface area contributed by atoms with Crippen LogP contribution in [0.3, 0.4) is 0 Å². The molecule has 152 valence electrons. The number of benzene rings is 2. The normalized spacial score (nSPS) is 20.4. The fraction of sp³-hybridized carbons (Fsp3) is 0.381. The molecule has 1 atom stereocenters. The molecule has 3 aromatic rings. The molecule has 2 aromatic carbocycles. The summed E-state index contributed by atoms with van der Waals surface area (Å²) in [5.41, 5.74) is 1.71. The second-order valence-corrected chi connectivity index (χ2v) is 7.61. The first-order chi connectivity index (χ1) is 14.2. The van der Waals surface area contributed by atoms with Crippen LogP contribution in [0.2, 0.25) is 0 Å². The highest BCUT2D eigenvalue weighted by Crippen LogP contribution is 2.21. The van der Waals surface area contributed by atoms with E-state index in [-0.39, 0.29) is 11.9 Å². The highest BCUT2D eigenvalue weighted by Gasteiger charge is 2.36. The Bertz CT molecular complexity index is 936. The van der Waals surface area contributed by atoms with Crippen LogP contribution in [0.25, 0.3) is 0 Å². The fourth-order valence-electron chi connectivity index (χ4n) is 3.97. The van der Waals surface area contributed by atoms with Crippen LogP contribution >= 0.6 is 0 Å². The van der Waals surface area contributed by atoms with Crippen molar-refractivity contribution in [2.75, 3.05) is 40.3 Å². The third-order valence-corrected chi connectivity index (χ3v) is 5.68. The maximum Gasteiger partial charge on any atom is 0.214 e. The summed E-state index contributed by atoms with van der Waals surface area (Å²) in [7, 11) is 3.84. The fourth-order valence-corrected chi connectivity index (χ4v) is 3.97. The zero-order valence-corrected chi connectivity index (χ0v) is 16.8. The number of nitrogens with one attached hydrogen (secondary N) is 2. The van der Waals surface area contributed by atoms with Crippen molar-refractivity contribution in [1.82, 2.24) is 20.2 Å². The van der Waals surface area contributed by atoms with E-state index in [1.807, 2.05) is 36.4 Å². The number of nitrogens with zero attached hydrogens (tertiary/aromatic N) is 4. The first-order valence-electron chi connectivity index (χ1n) is 9.95. The second-order valence-electron chi connectivity index (χ2n) is 7.61. The first-order valence-corrected chi connectivity index (χ1v) is 9.95. The van der Waals surface area contributed by atoms with Gasteiger partial charge in [-0.15, -0.1) is 5.10 Å². The summed E-state index contributed by atoms with van der Waals surface area (Å²) < 4.78 is 21.8. The molecule has 29 heavy (non-hydrogen) atoms. The van der Waals surface area contributed by atoms with E-state index < -0.39 is 0 Å². The van der Waals surface area contributed by atoms with Gasteiger partial charge in [0, 0.05) is 0 Å². The van der Waals surface area contributed by atoms with Crippen molar-refractivity contribution in [2.24, 2.45) is 0 Å². The van der Waals surface area contributed by atoms with Crippen molar-refractivity contribution in [3.05, 3.63) is 71.3 Å². The molecule has 8 heteroatoms. The van der Waals surface area contributed by atoms with Crippen LogP contribution in [-0.4, -0.2) is 60.5 Å². The SMILES string of the molecule is COc1ccc(Cn2nnnc2[C@@H](c2ccccc2F)[NH+]2CC[NH+](C)CC2)cc1. The summed E-state index contributed by atoms with van der Waals surface area (Å²) in [6.07, 6.45) is 0. The molecule has 1 saturated heterocycles. The lowest BCUT2D eigenvalue weighted by Crippen LogP contribution is -3.27. The minimum absolute atomic E-state index is 0.213. The third-order valence-electron chi connectivity index (χ3n) is 5.68. The Hall–Kier alpha value is -2.84. The Morgan fingerprint density at radius 2 is 1.79 bits per heavy atom. The molecule has 1 aliphatic heterocycles. The molecule has 4 rings (SSSR count). The van der Waals surface area contributed by atoms with Crippen molar-refractivity contribution in [2.45, 2.75) is 12.6 Å². The van der Waals surface area contributed by atoms with Crippen LogP contribution in [-0.2, 0) is 6.54 Å². The van der Waals surface area contributed by atoms with E-state index in [4.69, 9.17) is 4.74 Å². The van der Waals surface area contributed by atoms with E-state index in [2.05, 4.69) is 22.6 Å². The Morgan fingerprint density at radius 3 is 2.48 bits per heavy atom. The molecule has 0 aliphatic carbocycles. The Morgan fingerprint density at radius 1 is 1.07 bits per heavy atom. The lowest BCUT2D eigenvalue weighted by atomic mass is 10.0. The number of likely N-dealkylation sites (N-methyl/N-ethyl adjacent to an activating group) is 1. The summed E-state index contributed by atoms with van der Waals surface area (Å²) in [6, 6.07) is 14.6. The van der Waals surface area contributed by atoms with Gasteiger partial charge in [0.25, 0.3) is 0 Å². The molecule has 2 heterocycles. The molecule has 1 fully saturated rings. The van der Waals surface area contributed by atoms with Crippen LogP contribution in [0.4, 0.5) is 4.39 Å². The van der Waals surface area contributed by atoms with Gasteiger partial charge < -0.3 is 14.5 Å². The van der Waals surface area contributed by atoms with E-state index in [1.54, 1.807) is 17.9 Å². The van der Waals surface area contributed by atoms with Gasteiger partial charge in [-0.25, -0.2) is 9.07 Å². The van der Waals surface area contributed by atoms with Crippen LogP contribution in [0.1, 0.15) is 23.0 Å². The van der Waals surface area contributed by atoms with Gasteiger partial charge in [0.05, 0.1) is 26.3 Å². The number of rotatable bonds is 6. The van der Waals surface area contributed by atoms with Crippen molar-refractivity contribution >= 4 is 0 Å². The maximum absolute atomic E-state index is 14.8. The van der Waals surface area contributed by atoms with Gasteiger partial charge in [-0.1, -0.05) is 24.3 Å². The monoisotopic (exact) mass is 398 g/mol. The molecule has 0 spiro atoms. The molecular weight excluding hydrogens is 371 g/mol. The number of aromatic nitrogens is 4. The summed E-state index contributed by atoms with van der Waals surface area (Å²) in [4.78, 5) is 2.80. The predicted octanol–water partition coefficient (Wildman–Crippen LogP) is -0.628. The number of methoxy groups -OCH3 is 1. The van der Waals surface area contributed by atoms with Crippen LogP contribution in [0.5, 0.6) is 5.75 Å². The molecule has 0 bridgehead atoms. The van der Waals surface area contributed by atoms with Gasteiger partial charge in [0.2, 0.25) is 5.82 Å². The molecule has 2 N–H and O–H groups in total. The highest BCUT2D eigenvalue weighted by molar-refractivity contribution is 5.28. The molecule has 1 aliphatic rings. The van der Waals surface area contributed by atoms with E-state index >= 15 is 0 Å². The summed E-state index contributed by atoms with van der Waals surface area (Å²) >= 11 is 0. The van der Waals surface area contributed by atoms with Gasteiger partial charge in [0.15, 0.2) is 6.04 Å². The molecule has 1 aromatic heterocycles. The summed E-state index contributed by atoms with van der Waals surface area (Å²) in [5.74, 6) is 1.29. The summed E-state index contributed by atoms with van der Waals surface area (Å²) in [6.45, 7) is 4.50. The molecule has 0 amide bonds. The van der Waals surface area contributed by atoms with E-state index in [1.165, 1.54) is 15.9 Å². The first kappa shape index (κ1) is 19.5. The van der Waals surface area contributed by atoms with Gasteiger partial charge in [-0.05, 0) is 40.3 Å². The minimum Gasteiger partial charge on any atom is -0.497 e. The summed E-state index contributed by atoms with van der Waals surface area (Å²) in [5, 5.41) is 12.5. The largest absolute Gasteiger partial charge is 0.497 e. The average molecular weight is 398 g/mol. The predicted molar refractivity (Wildman–Crippen MR) is 105 cm³/mol. The Kier molecular flexibility index (Phi) is 5.82.